The van der Waals surface area contributed by atoms with Crippen LogP contribution in [0.1, 0.15) is 0 Å². The Kier molecular flexibility index (Phi) is 6.20. The van der Waals surface area contributed by atoms with Crippen LogP contribution < -0.4 is 4.90 Å². The zero-order chi connectivity index (χ0) is 29.6. The third-order valence-corrected chi connectivity index (χ3v) is 8.31. The molecule has 2 nitrogen and oxygen atoms in total. The van der Waals surface area contributed by atoms with Crippen molar-refractivity contribution in [2.24, 2.45) is 0 Å². The van der Waals surface area contributed by atoms with Crippen LogP contribution in [0.25, 0.3) is 49.4 Å². The van der Waals surface area contributed by atoms with Crippen molar-refractivity contribution in [2.45, 2.75) is 0 Å². The molecule has 1 heterocycles. The number of fused-ring (bicyclic) bond motifs is 4. The summed E-state index contributed by atoms with van der Waals surface area (Å²) < 4.78 is 29.9. The lowest BCUT2D eigenvalue weighted by atomic mass is 10.0. The van der Waals surface area contributed by atoms with Crippen LogP contribution >= 0.6 is 0 Å². The molecule has 0 atom stereocenters. The Hall–Kier alpha value is -5.74. The average Bonchev–Trinajstić information content (AvgIpc) is 3.40. The van der Waals surface area contributed by atoms with E-state index in [1.165, 1.54) is 51.3 Å². The Morgan fingerprint density at radius 3 is 1.61 bits per heavy atom. The molecule has 44 heavy (non-hydrogen) atoms. The number of halogens is 2. The van der Waals surface area contributed by atoms with Crippen molar-refractivity contribution in [3.8, 4) is 16.8 Å². The topological polar surface area (TPSA) is 8.17 Å². The molecule has 0 unspecified atom stereocenters. The second kappa shape index (κ2) is 10.5. The molecule has 1 aromatic heterocycles. The first-order chi connectivity index (χ1) is 21.6. The number of para-hydroxylation sites is 1. The second-order valence-corrected chi connectivity index (χ2v) is 10.9. The van der Waals surface area contributed by atoms with E-state index in [1.807, 2.05) is 17.0 Å². The summed E-state index contributed by atoms with van der Waals surface area (Å²) in [7, 11) is 0. The minimum atomic E-state index is -0.305. The predicted octanol–water partition coefficient (Wildman–Crippen LogP) is 11.4. The highest BCUT2D eigenvalue weighted by atomic mass is 19.1. The van der Waals surface area contributed by atoms with Gasteiger partial charge in [-0.15, -0.1) is 0 Å². The molecule has 0 saturated heterocycles. The van der Waals surface area contributed by atoms with Gasteiger partial charge < -0.3 is 9.47 Å². The standard InChI is InChI=1S/C40H26F2N2/c41-30-15-21-33(22-16-30)43(34-23-17-31(42)18-24-34)32-19-12-27(13-20-32)29-14-25-40-37(26-29)36-9-3-4-10-39(36)44(40)38-11-5-7-28-6-1-2-8-35(28)38/h1-26H. The van der Waals surface area contributed by atoms with E-state index >= 15 is 0 Å². The molecule has 0 amide bonds. The summed E-state index contributed by atoms with van der Waals surface area (Å²) >= 11 is 0. The number of anilines is 3. The summed E-state index contributed by atoms with van der Waals surface area (Å²) in [6.45, 7) is 0. The molecule has 0 saturated carbocycles. The molecular weight excluding hydrogens is 546 g/mol. The highest BCUT2D eigenvalue weighted by Crippen LogP contribution is 2.39. The van der Waals surface area contributed by atoms with Crippen LogP contribution in [0.2, 0.25) is 0 Å². The second-order valence-electron chi connectivity index (χ2n) is 10.9. The zero-order valence-corrected chi connectivity index (χ0v) is 23.7. The van der Waals surface area contributed by atoms with Crippen molar-refractivity contribution < 1.29 is 8.78 Å². The van der Waals surface area contributed by atoms with Gasteiger partial charge in [0.2, 0.25) is 0 Å². The lowest BCUT2D eigenvalue weighted by Crippen LogP contribution is -2.09. The molecular formula is C40H26F2N2. The molecule has 4 heteroatoms. The summed E-state index contributed by atoms with van der Waals surface area (Å²) in [6.07, 6.45) is 0. The Bertz CT molecular complexity index is 2230. The molecule has 0 aliphatic rings. The quantitative estimate of drug-likeness (QED) is 0.199. The molecule has 0 aliphatic heterocycles. The first kappa shape index (κ1) is 25.9. The number of benzene rings is 7. The third-order valence-electron chi connectivity index (χ3n) is 8.31. The number of hydrogen-bond acceptors (Lipinski definition) is 1. The number of nitrogens with zero attached hydrogens (tertiary/aromatic N) is 2. The molecule has 8 rings (SSSR count). The van der Waals surface area contributed by atoms with Crippen LogP contribution in [0.5, 0.6) is 0 Å². The Morgan fingerprint density at radius 2 is 0.932 bits per heavy atom. The van der Waals surface area contributed by atoms with Crippen LogP contribution in [-0.2, 0) is 0 Å². The van der Waals surface area contributed by atoms with Crippen LogP contribution in [0, 0.1) is 11.6 Å². The number of hydrogen-bond donors (Lipinski definition) is 0. The van der Waals surface area contributed by atoms with Gasteiger partial charge in [0.15, 0.2) is 0 Å². The van der Waals surface area contributed by atoms with Crippen molar-refractivity contribution in [3.63, 3.8) is 0 Å². The molecule has 0 aliphatic carbocycles. The Labute approximate surface area is 253 Å². The first-order valence-corrected chi connectivity index (χ1v) is 14.6. The van der Waals surface area contributed by atoms with E-state index < -0.39 is 0 Å². The van der Waals surface area contributed by atoms with Crippen LogP contribution in [-0.4, -0.2) is 4.57 Å². The maximum absolute atomic E-state index is 13.8. The van der Waals surface area contributed by atoms with Crippen molar-refractivity contribution in [1.82, 2.24) is 4.57 Å². The Morgan fingerprint density at radius 1 is 0.409 bits per heavy atom. The van der Waals surface area contributed by atoms with Crippen molar-refractivity contribution in [1.29, 1.82) is 0 Å². The van der Waals surface area contributed by atoms with Crippen molar-refractivity contribution in [2.75, 3.05) is 4.90 Å². The van der Waals surface area contributed by atoms with Gasteiger partial charge in [-0.2, -0.15) is 0 Å². The fraction of sp³-hybridized carbons (Fsp3) is 0. The zero-order valence-electron chi connectivity index (χ0n) is 23.7. The molecule has 8 aromatic rings. The van der Waals surface area contributed by atoms with Crippen LogP contribution in [0.3, 0.4) is 0 Å². The summed E-state index contributed by atoms with van der Waals surface area (Å²) in [4.78, 5) is 1.99. The van der Waals surface area contributed by atoms with E-state index in [-0.39, 0.29) is 11.6 Å². The largest absolute Gasteiger partial charge is 0.310 e. The normalized spacial score (nSPS) is 11.4. The van der Waals surface area contributed by atoms with E-state index in [2.05, 4.69) is 102 Å². The van der Waals surface area contributed by atoms with Crippen LogP contribution in [0.15, 0.2) is 158 Å². The summed E-state index contributed by atoms with van der Waals surface area (Å²) in [5.41, 5.74) is 8.13. The van der Waals surface area contributed by atoms with Gasteiger partial charge in [0.1, 0.15) is 11.6 Å². The molecule has 0 bridgehead atoms. The number of aromatic nitrogens is 1. The highest BCUT2D eigenvalue weighted by Gasteiger charge is 2.16. The minimum absolute atomic E-state index is 0.305. The van der Waals surface area contributed by atoms with Gasteiger partial charge in [0.25, 0.3) is 0 Å². The average molecular weight is 573 g/mol. The summed E-state index contributed by atoms with van der Waals surface area (Å²) in [5.74, 6) is -0.610. The number of rotatable bonds is 5. The van der Waals surface area contributed by atoms with Gasteiger partial charge in [-0.3, -0.25) is 0 Å². The first-order valence-electron chi connectivity index (χ1n) is 14.6. The van der Waals surface area contributed by atoms with E-state index in [0.29, 0.717) is 0 Å². The monoisotopic (exact) mass is 572 g/mol. The van der Waals surface area contributed by atoms with Gasteiger partial charge >= 0.3 is 0 Å². The molecule has 0 spiro atoms. The highest BCUT2D eigenvalue weighted by molar-refractivity contribution is 6.11. The molecule has 0 radical (unpaired) electrons. The van der Waals surface area contributed by atoms with Gasteiger partial charge in [0, 0.05) is 33.2 Å². The van der Waals surface area contributed by atoms with Gasteiger partial charge in [0.05, 0.1) is 16.7 Å². The smallest absolute Gasteiger partial charge is 0.123 e. The maximum Gasteiger partial charge on any atom is 0.123 e. The van der Waals surface area contributed by atoms with Crippen LogP contribution in [0.4, 0.5) is 25.8 Å². The van der Waals surface area contributed by atoms with E-state index in [9.17, 15) is 8.78 Å². The van der Waals surface area contributed by atoms with E-state index in [1.54, 1.807) is 24.3 Å². The summed E-state index contributed by atoms with van der Waals surface area (Å²) in [5, 5.41) is 4.81. The van der Waals surface area contributed by atoms with Crippen molar-refractivity contribution in [3.05, 3.63) is 169 Å². The molecule has 210 valence electrons. The lowest BCUT2D eigenvalue weighted by Gasteiger charge is -2.25. The molecule has 0 fully saturated rings. The maximum atomic E-state index is 13.8. The predicted molar refractivity (Wildman–Crippen MR) is 178 cm³/mol. The van der Waals surface area contributed by atoms with Gasteiger partial charge in [-0.05, 0) is 101 Å². The van der Waals surface area contributed by atoms with E-state index in [4.69, 9.17) is 0 Å². The molecule has 0 N–H and O–H groups in total. The van der Waals surface area contributed by atoms with Crippen molar-refractivity contribution >= 4 is 49.6 Å². The van der Waals surface area contributed by atoms with Gasteiger partial charge in [-0.1, -0.05) is 72.8 Å². The third kappa shape index (κ3) is 4.40. The lowest BCUT2D eigenvalue weighted by molar-refractivity contribution is 0.628. The SMILES string of the molecule is Fc1ccc(N(c2ccc(F)cc2)c2ccc(-c3ccc4c(c3)c3ccccc3n4-c3cccc4ccccc34)cc2)cc1. The minimum Gasteiger partial charge on any atom is -0.310 e. The summed E-state index contributed by atoms with van der Waals surface area (Å²) in [6, 6.07) is 51.1. The molecule has 7 aromatic carbocycles. The van der Waals surface area contributed by atoms with Gasteiger partial charge in [-0.25, -0.2) is 8.78 Å². The van der Waals surface area contributed by atoms with E-state index in [0.717, 1.165) is 39.4 Å². The Balaban J connectivity index is 1.23. The fourth-order valence-corrected chi connectivity index (χ4v) is 6.25. The fourth-order valence-electron chi connectivity index (χ4n) is 6.25.